The zero-order chi connectivity index (χ0) is 24.8. The molecule has 10 nitrogen and oxygen atoms in total. The molecule has 2 aromatic carbocycles. The average molecular weight is 484 g/mol. The van der Waals surface area contributed by atoms with Crippen molar-refractivity contribution in [3.63, 3.8) is 0 Å². The van der Waals surface area contributed by atoms with Crippen molar-refractivity contribution in [2.75, 3.05) is 31.1 Å². The van der Waals surface area contributed by atoms with E-state index in [9.17, 15) is 14.0 Å². The van der Waals surface area contributed by atoms with Gasteiger partial charge in [0.05, 0.1) is 11.3 Å². The van der Waals surface area contributed by atoms with E-state index in [1.807, 2.05) is 29.2 Å². The lowest BCUT2D eigenvalue weighted by molar-refractivity contribution is -0.126. The number of carbonyl (C=O) groups is 2. The van der Waals surface area contributed by atoms with E-state index in [-0.39, 0.29) is 5.82 Å². The number of hydrogen-bond donors (Lipinski definition) is 1. The number of aromatic nitrogens is 6. The summed E-state index contributed by atoms with van der Waals surface area (Å²) < 4.78 is 15.2. The Bertz CT molecular complexity index is 1630. The van der Waals surface area contributed by atoms with Crippen LogP contribution in [0.25, 0.3) is 27.8 Å². The number of halogens is 1. The molecule has 1 amide bonds. The van der Waals surface area contributed by atoms with Gasteiger partial charge < -0.3 is 14.8 Å². The molecule has 0 saturated carbocycles. The molecule has 36 heavy (non-hydrogen) atoms. The number of hydrogen-bond acceptors (Lipinski definition) is 7. The number of fused-ring (bicyclic) bond motifs is 2. The van der Waals surface area contributed by atoms with Crippen LogP contribution >= 0.6 is 0 Å². The van der Waals surface area contributed by atoms with E-state index in [1.54, 1.807) is 24.0 Å². The number of anilines is 1. The number of ketones is 1. The Kier molecular flexibility index (Phi) is 5.17. The topological polar surface area (TPSA) is 113 Å². The molecule has 1 N–H and O–H groups in total. The number of nitrogens with one attached hydrogen (secondary N) is 1. The van der Waals surface area contributed by atoms with Crippen molar-refractivity contribution in [3.8, 4) is 5.69 Å². The van der Waals surface area contributed by atoms with Crippen LogP contribution in [0.15, 0.2) is 54.9 Å². The maximum Gasteiger partial charge on any atom is 0.295 e. The van der Waals surface area contributed by atoms with Crippen molar-refractivity contribution in [3.05, 3.63) is 71.9 Å². The maximum atomic E-state index is 13.7. The van der Waals surface area contributed by atoms with Crippen molar-refractivity contribution in [2.45, 2.75) is 6.92 Å². The molecule has 0 atom stereocenters. The molecule has 1 aliphatic heterocycles. The van der Waals surface area contributed by atoms with Crippen LogP contribution < -0.4 is 4.90 Å². The SMILES string of the molecule is Cc1[nH]c2ccccc2c1C(=O)C(=O)N1CCN(c2ncnc3c2nnn3-c2cccc(F)c2)CC1. The van der Waals surface area contributed by atoms with Gasteiger partial charge in [-0.1, -0.05) is 29.5 Å². The van der Waals surface area contributed by atoms with Crippen LogP contribution in [0.1, 0.15) is 16.1 Å². The lowest BCUT2D eigenvalue weighted by Gasteiger charge is -2.34. The van der Waals surface area contributed by atoms with Crippen molar-refractivity contribution >= 4 is 39.6 Å². The first kappa shape index (κ1) is 21.8. The Labute approximate surface area is 204 Å². The van der Waals surface area contributed by atoms with Crippen molar-refractivity contribution in [1.82, 2.24) is 34.8 Å². The predicted molar refractivity (Wildman–Crippen MR) is 131 cm³/mol. The summed E-state index contributed by atoms with van der Waals surface area (Å²) >= 11 is 0. The normalized spacial score (nSPS) is 14.1. The van der Waals surface area contributed by atoms with E-state index in [1.165, 1.54) is 23.1 Å². The van der Waals surface area contributed by atoms with Crippen molar-refractivity contribution in [2.24, 2.45) is 0 Å². The largest absolute Gasteiger partial charge is 0.358 e. The van der Waals surface area contributed by atoms with Gasteiger partial charge in [0.1, 0.15) is 12.1 Å². The van der Waals surface area contributed by atoms with E-state index in [0.29, 0.717) is 60.1 Å². The minimum Gasteiger partial charge on any atom is -0.358 e. The summed E-state index contributed by atoms with van der Waals surface area (Å²) in [5.41, 5.74) is 3.36. The van der Waals surface area contributed by atoms with Crippen LogP contribution in [-0.4, -0.2) is 72.7 Å². The van der Waals surface area contributed by atoms with Gasteiger partial charge in [-0.25, -0.2) is 14.4 Å². The summed E-state index contributed by atoms with van der Waals surface area (Å²) in [6.07, 6.45) is 1.41. The molecule has 1 saturated heterocycles. The number of aromatic amines is 1. The summed E-state index contributed by atoms with van der Waals surface area (Å²) in [6, 6.07) is 13.5. The smallest absolute Gasteiger partial charge is 0.295 e. The number of nitrogens with zero attached hydrogens (tertiary/aromatic N) is 7. The zero-order valence-electron chi connectivity index (χ0n) is 19.3. The predicted octanol–water partition coefficient (Wildman–Crippen LogP) is 2.67. The van der Waals surface area contributed by atoms with Gasteiger partial charge >= 0.3 is 0 Å². The Morgan fingerprint density at radius 1 is 1.00 bits per heavy atom. The maximum absolute atomic E-state index is 13.7. The number of H-pyrrole nitrogens is 1. The van der Waals surface area contributed by atoms with Crippen LogP contribution in [-0.2, 0) is 4.79 Å². The minimum atomic E-state index is -0.521. The van der Waals surface area contributed by atoms with Crippen LogP contribution in [0.3, 0.4) is 0 Å². The quantitative estimate of drug-likeness (QED) is 0.308. The van der Waals surface area contributed by atoms with Crippen LogP contribution in [0.4, 0.5) is 10.2 Å². The van der Waals surface area contributed by atoms with Crippen LogP contribution in [0, 0.1) is 12.7 Å². The fraction of sp³-hybridized carbons (Fsp3) is 0.200. The molecule has 11 heteroatoms. The monoisotopic (exact) mass is 484 g/mol. The first-order valence-electron chi connectivity index (χ1n) is 11.5. The molecule has 5 aromatic rings. The Morgan fingerprint density at radius 2 is 1.81 bits per heavy atom. The van der Waals surface area contributed by atoms with Gasteiger partial charge in [-0.3, -0.25) is 9.59 Å². The Balaban J connectivity index is 1.21. The molecule has 0 bridgehead atoms. The van der Waals surface area contributed by atoms with E-state index >= 15 is 0 Å². The molecule has 0 aliphatic carbocycles. The molecule has 180 valence electrons. The number of rotatable bonds is 4. The summed E-state index contributed by atoms with van der Waals surface area (Å²) in [4.78, 5) is 41.7. The lowest BCUT2D eigenvalue weighted by atomic mass is 10.1. The van der Waals surface area contributed by atoms with Gasteiger partial charge in [-0.15, -0.1) is 5.10 Å². The van der Waals surface area contributed by atoms with Gasteiger partial charge in [0.25, 0.3) is 11.7 Å². The lowest BCUT2D eigenvalue weighted by Crippen LogP contribution is -2.51. The highest BCUT2D eigenvalue weighted by Crippen LogP contribution is 2.25. The van der Waals surface area contributed by atoms with E-state index in [4.69, 9.17) is 0 Å². The highest BCUT2D eigenvalue weighted by Gasteiger charge is 2.30. The highest BCUT2D eigenvalue weighted by molar-refractivity contribution is 6.45. The Hall–Kier alpha value is -4.67. The number of aryl methyl sites for hydroxylation is 1. The second-order valence-electron chi connectivity index (χ2n) is 8.63. The number of Topliss-reactive ketones (excluding diaryl/α,β-unsaturated/α-hetero) is 1. The van der Waals surface area contributed by atoms with Gasteiger partial charge in [-0.2, -0.15) is 4.68 Å². The van der Waals surface area contributed by atoms with Crippen molar-refractivity contribution < 1.29 is 14.0 Å². The highest BCUT2D eigenvalue weighted by atomic mass is 19.1. The van der Waals surface area contributed by atoms with Crippen molar-refractivity contribution in [1.29, 1.82) is 0 Å². The molecule has 1 aliphatic rings. The first-order chi connectivity index (χ1) is 17.5. The molecule has 1 fully saturated rings. The molecule has 4 heterocycles. The number of benzene rings is 2. The summed E-state index contributed by atoms with van der Waals surface area (Å²) in [5.74, 6) is -0.842. The van der Waals surface area contributed by atoms with Gasteiger partial charge in [0.15, 0.2) is 17.0 Å². The van der Waals surface area contributed by atoms with Crippen LogP contribution in [0.5, 0.6) is 0 Å². The van der Waals surface area contributed by atoms with E-state index in [0.717, 1.165) is 10.9 Å². The zero-order valence-corrected chi connectivity index (χ0v) is 19.3. The summed E-state index contributed by atoms with van der Waals surface area (Å²) in [7, 11) is 0. The van der Waals surface area contributed by atoms with Gasteiger partial charge in [0, 0.05) is 42.8 Å². The number of piperazine rings is 1. The Morgan fingerprint density at radius 3 is 2.61 bits per heavy atom. The van der Waals surface area contributed by atoms with Gasteiger partial charge in [0.2, 0.25) is 0 Å². The standard InChI is InChI=1S/C25H21FN8O2/c1-15-20(18-7-2-3-8-19(18)29-15)22(35)25(36)33-11-9-32(10-12-33)23-21-24(28-14-27-23)34(31-30-21)17-6-4-5-16(26)13-17/h2-8,13-14,29H,9-12H2,1H3. The molecule has 0 unspecified atom stereocenters. The number of amides is 1. The molecule has 0 spiro atoms. The fourth-order valence-electron chi connectivity index (χ4n) is 4.69. The average Bonchev–Trinajstić information content (AvgIpc) is 3.48. The van der Waals surface area contributed by atoms with Gasteiger partial charge in [-0.05, 0) is 31.2 Å². The minimum absolute atomic E-state index is 0.357. The third kappa shape index (κ3) is 3.56. The second-order valence-corrected chi connectivity index (χ2v) is 8.63. The number of para-hydroxylation sites is 1. The molecule has 6 rings (SSSR count). The summed E-state index contributed by atoms with van der Waals surface area (Å²) in [5, 5.41) is 9.14. The molecular formula is C25H21FN8O2. The van der Waals surface area contributed by atoms with E-state index in [2.05, 4.69) is 25.3 Å². The second kappa shape index (κ2) is 8.52. The molecular weight excluding hydrogens is 463 g/mol. The third-order valence-electron chi connectivity index (χ3n) is 6.45. The first-order valence-corrected chi connectivity index (χ1v) is 11.5. The number of carbonyl (C=O) groups excluding carboxylic acids is 2. The third-order valence-corrected chi connectivity index (χ3v) is 6.45. The van der Waals surface area contributed by atoms with E-state index < -0.39 is 11.7 Å². The van der Waals surface area contributed by atoms with Crippen LogP contribution in [0.2, 0.25) is 0 Å². The molecule has 0 radical (unpaired) electrons. The summed E-state index contributed by atoms with van der Waals surface area (Å²) in [6.45, 7) is 3.44. The fourth-order valence-corrected chi connectivity index (χ4v) is 4.69. The molecule has 3 aromatic heterocycles.